The Morgan fingerprint density at radius 2 is 1.16 bits per heavy atom. The molecule has 5 aliphatic rings. The summed E-state index contributed by atoms with van der Waals surface area (Å²) in [5.74, 6) is 1.86. The van der Waals surface area contributed by atoms with E-state index >= 15 is 0 Å². The third-order valence-corrected chi connectivity index (χ3v) is 18.0. The maximum atomic E-state index is 12.6. The van der Waals surface area contributed by atoms with E-state index in [1.807, 2.05) is 54.2 Å². The Kier molecular flexibility index (Phi) is 28.4. The van der Waals surface area contributed by atoms with Gasteiger partial charge in [-0.3, -0.25) is 24.2 Å². The molecule has 11 rings (SSSR count). The van der Waals surface area contributed by atoms with Gasteiger partial charge in [-0.25, -0.2) is 34.5 Å². The number of halogens is 4. The molecule has 3 aliphatic carbocycles. The summed E-state index contributed by atoms with van der Waals surface area (Å²) in [6, 6.07) is 8.83. The molecule has 0 unspecified atom stereocenters. The standard InChI is InChI=1S/C19H21N3O2S.C12H13BrN2O.C8H7Br2NO2.C8H8BrNO2.C7H9NOS.C5H11N.BHNS/c1-10(23)6-16-21-11(2)18(25-16)14-7-15-9-22(12(3)13-4-5-13)19(24)17(15)20-8-14;1-7(8-2-3-8)15-6-9-4-10(13)5-14-11(9)12(15)16;1-13-8(12)7-5(3-9)2-6(10)4-11-7;1-5-3-6(9)4-10-7(5)8(11)12-2;1-5-4-10-7(8-5)3-6(2)9;1-4(6)5-2-3-5;1-2-3/h7-8,12-13H,4-6,9H2,1-3H3;4-5,7-8H,2-3,6H2,1H3;2,4H,3H2,1H3;3-4H,1-2H3;4H,3H2,1-2H3;4-5H,2-3,6H2,1H3;3H/t12-;7-;;;;4-;/m00...0./s1. The van der Waals surface area contributed by atoms with Crippen LogP contribution in [-0.2, 0) is 50.3 Å². The number of ketones is 2. The van der Waals surface area contributed by atoms with Crippen molar-refractivity contribution in [3.05, 3.63) is 134 Å². The fourth-order valence-corrected chi connectivity index (χ4v) is 12.5. The van der Waals surface area contributed by atoms with Crippen LogP contribution in [0, 0.1) is 38.5 Å². The summed E-state index contributed by atoms with van der Waals surface area (Å²) >= 11 is 19.5. The van der Waals surface area contributed by atoms with Crippen LogP contribution in [0.5, 0.6) is 0 Å². The number of aromatic nitrogens is 6. The van der Waals surface area contributed by atoms with Gasteiger partial charge in [-0.2, -0.15) is 0 Å². The van der Waals surface area contributed by atoms with Crippen LogP contribution in [0.3, 0.4) is 0 Å². The molecule has 0 aromatic carbocycles. The summed E-state index contributed by atoms with van der Waals surface area (Å²) in [6.45, 7) is 16.6. The average molecular weight is 1470 g/mol. The number of Topliss-reactive ketones (excluding diaryl/α,β-unsaturated/α-hetero) is 2. The van der Waals surface area contributed by atoms with E-state index in [9.17, 15) is 28.8 Å². The zero-order valence-corrected chi connectivity index (χ0v) is 58.0. The van der Waals surface area contributed by atoms with Crippen LogP contribution in [-0.4, -0.2) is 115 Å². The van der Waals surface area contributed by atoms with E-state index in [4.69, 9.17) is 5.73 Å². The van der Waals surface area contributed by atoms with Gasteiger partial charge in [0.15, 0.2) is 11.4 Å². The van der Waals surface area contributed by atoms with Gasteiger partial charge in [0.1, 0.15) is 33.0 Å². The van der Waals surface area contributed by atoms with Crippen LogP contribution >= 0.6 is 99.2 Å². The van der Waals surface area contributed by atoms with Crippen molar-refractivity contribution >= 4 is 142 Å². The molecule has 8 heterocycles. The number of aryl methyl sites for hydroxylation is 3. The van der Waals surface area contributed by atoms with E-state index in [0.717, 1.165) is 80.0 Å². The number of hydrogen-bond donors (Lipinski definition) is 2. The van der Waals surface area contributed by atoms with E-state index in [0.29, 0.717) is 71.4 Å². The summed E-state index contributed by atoms with van der Waals surface area (Å²) in [7, 11) is 7.01. The summed E-state index contributed by atoms with van der Waals surface area (Å²) in [4.78, 5) is 99.1. The molecule has 0 spiro atoms. The van der Waals surface area contributed by atoms with Gasteiger partial charge in [-0.1, -0.05) is 15.9 Å². The van der Waals surface area contributed by atoms with Gasteiger partial charge in [0.2, 0.25) is 0 Å². The van der Waals surface area contributed by atoms with E-state index in [-0.39, 0.29) is 29.4 Å². The van der Waals surface area contributed by atoms with Gasteiger partial charge in [0.25, 0.3) is 11.8 Å². The maximum absolute atomic E-state index is 12.6. The Balaban J connectivity index is 0.000000194. The Morgan fingerprint density at radius 3 is 1.61 bits per heavy atom. The zero-order chi connectivity index (χ0) is 62.8. The number of carbonyl (C=O) groups excluding carboxylic acids is 6. The van der Waals surface area contributed by atoms with Crippen molar-refractivity contribution in [3.63, 3.8) is 0 Å². The number of nitrogens with two attached hydrogens (primary N) is 1. The van der Waals surface area contributed by atoms with E-state index in [1.54, 1.807) is 50.0 Å². The van der Waals surface area contributed by atoms with E-state index in [2.05, 4.69) is 155 Å². The summed E-state index contributed by atoms with van der Waals surface area (Å²) in [6.07, 6.45) is 15.2. The van der Waals surface area contributed by atoms with Crippen molar-refractivity contribution in [2.24, 2.45) is 27.8 Å². The molecule has 26 heteroatoms. The van der Waals surface area contributed by atoms with Gasteiger partial charge < -0.3 is 25.0 Å². The van der Waals surface area contributed by atoms with Crippen molar-refractivity contribution in [2.75, 3.05) is 14.2 Å². The molecule has 6 aromatic heterocycles. The average Bonchev–Trinajstić information content (AvgIpc) is 2.78. The molecule has 85 heavy (non-hydrogen) atoms. The number of thiazole rings is 2. The predicted molar refractivity (Wildman–Crippen MR) is 349 cm³/mol. The SMILES string of the molecule is CC(=O)Cc1nc(C)c(-c2cnc3c(c2)CN([C@@H](C)C2CC2)C3=O)s1.CC(=O)Cc1nc(C)cs1.COC(=O)c1ncc(Br)cc1C.COC(=O)c1ncc(Br)cc1CBr.C[C@@H](C1CC1)N1Cc2cc(Br)cnc2C1=O.C[C@H](N)C1CC1.[B]=NS. The first-order valence-corrected chi connectivity index (χ1v) is 32.8. The third-order valence-electron chi connectivity index (χ3n) is 13.9. The molecule has 0 saturated heterocycles. The molecule has 18 nitrogen and oxygen atoms in total. The molecule has 6 aromatic rings. The van der Waals surface area contributed by atoms with Crippen molar-refractivity contribution in [1.82, 2.24) is 39.7 Å². The number of fused-ring (bicyclic) bond motifs is 2. The van der Waals surface area contributed by atoms with Gasteiger partial charge in [-0.15, -0.1) is 22.7 Å². The fraction of sp³-hybridized carbons (Fsp3) is 0.458. The second-order valence-electron chi connectivity index (χ2n) is 21.0. The van der Waals surface area contributed by atoms with Crippen LogP contribution in [0.15, 0.2) is 72.2 Å². The van der Waals surface area contributed by atoms with Crippen molar-refractivity contribution in [3.8, 4) is 10.4 Å². The Morgan fingerprint density at radius 1 is 0.706 bits per heavy atom. The van der Waals surface area contributed by atoms with Crippen LogP contribution in [0.25, 0.3) is 10.4 Å². The molecular weight excluding hydrogens is 1400 g/mol. The minimum atomic E-state index is -0.415. The molecule has 2 amide bonds. The van der Waals surface area contributed by atoms with Crippen molar-refractivity contribution < 1.29 is 38.2 Å². The number of carbonyl (C=O) groups is 6. The van der Waals surface area contributed by atoms with Gasteiger partial charge in [-0.05, 0) is 195 Å². The molecular formula is C59H70BBr4N10O8S3. The van der Waals surface area contributed by atoms with Crippen LogP contribution in [0.1, 0.15) is 159 Å². The van der Waals surface area contributed by atoms with Crippen LogP contribution in [0.2, 0.25) is 0 Å². The first-order chi connectivity index (χ1) is 40.3. The molecule has 3 atom stereocenters. The first-order valence-electron chi connectivity index (χ1n) is 27.3. The van der Waals surface area contributed by atoms with E-state index in [1.165, 1.54) is 64.1 Å². The van der Waals surface area contributed by atoms with E-state index < -0.39 is 11.9 Å². The number of pyridine rings is 4. The molecule has 2 N–H and O–H groups in total. The molecule has 0 bridgehead atoms. The van der Waals surface area contributed by atoms with Crippen LogP contribution in [0.4, 0.5) is 0 Å². The van der Waals surface area contributed by atoms with Gasteiger partial charge in [0, 0.05) is 103 Å². The number of methoxy groups -OCH3 is 2. The molecule has 453 valence electrons. The number of rotatable bonds is 13. The van der Waals surface area contributed by atoms with Gasteiger partial charge in [0.05, 0.1) is 37.6 Å². The number of hydrogen-bond acceptors (Lipinski definition) is 19. The Hall–Kier alpha value is -4.83. The quantitative estimate of drug-likeness (QED) is 0.0473. The molecule has 1 radical (unpaired) electrons. The number of amides is 2. The third kappa shape index (κ3) is 21.8. The monoisotopic (exact) mass is 1470 g/mol. The normalized spacial score (nSPS) is 15.2. The summed E-state index contributed by atoms with van der Waals surface area (Å²) < 4.78 is 14.5. The molecule has 3 saturated carbocycles. The second kappa shape index (κ2) is 34.1. The van der Waals surface area contributed by atoms with Crippen molar-refractivity contribution in [2.45, 2.75) is 143 Å². The number of alkyl halides is 1. The zero-order valence-electron chi connectivity index (χ0n) is 49.2. The number of thiol groups is 1. The molecule has 2 aliphatic heterocycles. The van der Waals surface area contributed by atoms with Crippen molar-refractivity contribution in [1.29, 1.82) is 0 Å². The summed E-state index contributed by atoms with van der Waals surface area (Å²) in [5.41, 5.74) is 14.0. The van der Waals surface area contributed by atoms with Crippen LogP contribution < -0.4 is 5.73 Å². The first kappa shape index (κ1) is 70.9. The number of nitrogens with zero attached hydrogens (tertiary/aromatic N) is 9. The fourth-order valence-electron chi connectivity index (χ4n) is 8.89. The molecule has 3 fully saturated rings. The van der Waals surface area contributed by atoms with Gasteiger partial charge >= 0.3 is 36.7 Å². The Labute approximate surface area is 545 Å². The topological polar surface area (TPSA) is 243 Å². The summed E-state index contributed by atoms with van der Waals surface area (Å²) in [5, 5.41) is 4.29. The second-order valence-corrected chi connectivity index (χ2v) is 26.6. The minimum absolute atomic E-state index is 0.0549. The Bertz CT molecular complexity index is 3340. The predicted octanol–water partition coefficient (Wildman–Crippen LogP) is 13.0. The number of esters is 2. The number of ether oxygens (including phenoxy) is 2.